The summed E-state index contributed by atoms with van der Waals surface area (Å²) in [5.74, 6) is 1.13. The van der Waals surface area contributed by atoms with E-state index in [9.17, 15) is 0 Å². The van der Waals surface area contributed by atoms with E-state index in [1.165, 1.54) is 0 Å². The molecule has 0 fully saturated rings. The van der Waals surface area contributed by atoms with Crippen molar-refractivity contribution in [2.24, 2.45) is 0 Å². The molecule has 0 saturated heterocycles. The van der Waals surface area contributed by atoms with Gasteiger partial charge in [-0.25, -0.2) is 4.98 Å². The maximum Gasteiger partial charge on any atom is 0.114 e. The van der Waals surface area contributed by atoms with Crippen LogP contribution in [-0.4, -0.2) is 9.38 Å². The molecule has 0 aromatic carbocycles. The van der Waals surface area contributed by atoms with Gasteiger partial charge in [-0.1, -0.05) is 13.0 Å². The normalized spacial score (nSPS) is 10.9. The number of fused-ring (bicyclic) bond motifs is 1. The lowest BCUT2D eigenvalue weighted by Gasteiger charge is -2.01. The van der Waals surface area contributed by atoms with Crippen molar-refractivity contribution in [2.75, 3.05) is 0 Å². The molecule has 13 heavy (non-hydrogen) atoms. The number of aromatic nitrogens is 2. The Morgan fingerprint density at radius 2 is 2.31 bits per heavy atom. The van der Waals surface area contributed by atoms with E-state index in [-0.39, 0.29) is 0 Å². The largest absolute Gasteiger partial charge is 0.291 e. The maximum atomic E-state index is 4.38. The summed E-state index contributed by atoms with van der Waals surface area (Å²) in [6.45, 7) is 2.16. The van der Waals surface area contributed by atoms with Gasteiger partial charge in [0.25, 0.3) is 0 Å². The smallest absolute Gasteiger partial charge is 0.114 e. The third kappa shape index (κ3) is 1.48. The second kappa shape index (κ2) is 3.50. The van der Waals surface area contributed by atoms with Crippen LogP contribution < -0.4 is 0 Å². The molecular weight excluding hydrogens is 228 g/mol. The first-order chi connectivity index (χ1) is 6.33. The zero-order chi connectivity index (χ0) is 9.26. The molecule has 0 saturated carbocycles. The van der Waals surface area contributed by atoms with Crippen molar-refractivity contribution in [1.29, 1.82) is 0 Å². The highest BCUT2D eigenvalue weighted by Gasteiger charge is 2.03. The van der Waals surface area contributed by atoms with Crippen molar-refractivity contribution < 1.29 is 0 Å². The van der Waals surface area contributed by atoms with E-state index in [1.807, 2.05) is 18.3 Å². The SMILES string of the molecule is CCCc1ncc2cccc(Br)n12. The predicted molar refractivity (Wildman–Crippen MR) is 56.9 cm³/mol. The van der Waals surface area contributed by atoms with Gasteiger partial charge in [0.2, 0.25) is 0 Å². The monoisotopic (exact) mass is 238 g/mol. The summed E-state index contributed by atoms with van der Waals surface area (Å²) in [6.07, 6.45) is 4.06. The topological polar surface area (TPSA) is 17.3 Å². The highest BCUT2D eigenvalue weighted by molar-refractivity contribution is 9.10. The fourth-order valence-electron chi connectivity index (χ4n) is 1.47. The molecule has 0 N–H and O–H groups in total. The number of rotatable bonds is 2. The van der Waals surface area contributed by atoms with E-state index in [0.29, 0.717) is 0 Å². The van der Waals surface area contributed by atoms with Gasteiger partial charge < -0.3 is 0 Å². The third-order valence-electron chi connectivity index (χ3n) is 2.05. The number of imidazole rings is 1. The quantitative estimate of drug-likeness (QED) is 0.736. The Hall–Kier alpha value is -0.830. The molecular formula is C10H11BrN2. The molecule has 2 rings (SSSR count). The summed E-state index contributed by atoms with van der Waals surface area (Å²) < 4.78 is 3.22. The number of nitrogens with zero attached hydrogens (tertiary/aromatic N) is 2. The van der Waals surface area contributed by atoms with E-state index < -0.39 is 0 Å². The first kappa shape index (κ1) is 8.75. The Labute approximate surface area is 85.7 Å². The number of halogens is 1. The van der Waals surface area contributed by atoms with Crippen molar-refractivity contribution in [2.45, 2.75) is 19.8 Å². The molecule has 0 bridgehead atoms. The summed E-state index contributed by atoms with van der Waals surface area (Å²) in [5, 5.41) is 0. The van der Waals surface area contributed by atoms with Crippen LogP contribution in [0.2, 0.25) is 0 Å². The standard InChI is InChI=1S/C10H11BrN2/c1-2-4-10-12-7-8-5-3-6-9(11)13(8)10/h3,5-7H,2,4H2,1H3. The van der Waals surface area contributed by atoms with E-state index in [1.54, 1.807) is 0 Å². The summed E-state index contributed by atoms with van der Waals surface area (Å²) in [6, 6.07) is 6.13. The Morgan fingerprint density at radius 1 is 1.46 bits per heavy atom. The average molecular weight is 239 g/mol. The summed E-state index contributed by atoms with van der Waals surface area (Å²) in [5.41, 5.74) is 1.15. The van der Waals surface area contributed by atoms with E-state index in [2.05, 4.69) is 38.3 Å². The van der Waals surface area contributed by atoms with Crippen LogP contribution in [0.4, 0.5) is 0 Å². The van der Waals surface area contributed by atoms with Gasteiger partial charge in [0.15, 0.2) is 0 Å². The van der Waals surface area contributed by atoms with Gasteiger partial charge in [-0.15, -0.1) is 0 Å². The fraction of sp³-hybridized carbons (Fsp3) is 0.300. The van der Waals surface area contributed by atoms with Crippen molar-refractivity contribution in [3.05, 3.63) is 34.8 Å². The molecule has 2 heterocycles. The molecule has 2 nitrogen and oxygen atoms in total. The minimum absolute atomic E-state index is 1.02. The second-order valence-corrected chi connectivity index (χ2v) is 3.85. The molecule has 0 unspecified atom stereocenters. The lowest BCUT2D eigenvalue weighted by molar-refractivity contribution is 0.824. The van der Waals surface area contributed by atoms with E-state index in [0.717, 1.165) is 28.8 Å². The van der Waals surface area contributed by atoms with Gasteiger partial charge in [0.1, 0.15) is 5.82 Å². The van der Waals surface area contributed by atoms with Crippen molar-refractivity contribution in [1.82, 2.24) is 9.38 Å². The number of aryl methyl sites for hydroxylation is 1. The van der Waals surface area contributed by atoms with Crippen LogP contribution in [0.25, 0.3) is 5.52 Å². The van der Waals surface area contributed by atoms with Crippen molar-refractivity contribution in [3.8, 4) is 0 Å². The van der Waals surface area contributed by atoms with Crippen LogP contribution >= 0.6 is 15.9 Å². The summed E-state index contributed by atoms with van der Waals surface area (Å²) in [7, 11) is 0. The molecule has 0 atom stereocenters. The highest BCUT2D eigenvalue weighted by Crippen LogP contribution is 2.16. The second-order valence-electron chi connectivity index (χ2n) is 3.03. The third-order valence-corrected chi connectivity index (χ3v) is 2.67. The van der Waals surface area contributed by atoms with E-state index >= 15 is 0 Å². The van der Waals surface area contributed by atoms with Crippen LogP contribution in [0, 0.1) is 0 Å². The van der Waals surface area contributed by atoms with Crippen LogP contribution in [0.3, 0.4) is 0 Å². The Bertz CT molecular complexity index is 420. The molecule has 2 aromatic rings. The van der Waals surface area contributed by atoms with Crippen molar-refractivity contribution >= 4 is 21.4 Å². The molecule has 0 aliphatic heterocycles. The predicted octanol–water partition coefficient (Wildman–Crippen LogP) is 3.05. The molecule has 0 aliphatic rings. The number of hydrogen-bond donors (Lipinski definition) is 0. The van der Waals surface area contributed by atoms with Gasteiger partial charge in [0.05, 0.1) is 16.3 Å². The Balaban J connectivity index is 2.64. The minimum atomic E-state index is 1.02. The maximum absolute atomic E-state index is 4.38. The Morgan fingerprint density at radius 3 is 3.08 bits per heavy atom. The van der Waals surface area contributed by atoms with Crippen LogP contribution in [0.15, 0.2) is 29.0 Å². The number of hydrogen-bond acceptors (Lipinski definition) is 1. The Kier molecular flexibility index (Phi) is 2.36. The van der Waals surface area contributed by atoms with Gasteiger partial charge in [-0.2, -0.15) is 0 Å². The van der Waals surface area contributed by atoms with Crippen LogP contribution in [-0.2, 0) is 6.42 Å². The van der Waals surface area contributed by atoms with Crippen LogP contribution in [0.1, 0.15) is 19.2 Å². The summed E-state index contributed by atoms with van der Waals surface area (Å²) in [4.78, 5) is 4.38. The first-order valence-electron chi connectivity index (χ1n) is 4.43. The molecule has 0 spiro atoms. The fourth-order valence-corrected chi connectivity index (χ4v) is 2.03. The number of pyridine rings is 1. The summed E-state index contributed by atoms with van der Waals surface area (Å²) >= 11 is 3.52. The zero-order valence-electron chi connectivity index (χ0n) is 7.50. The van der Waals surface area contributed by atoms with Gasteiger partial charge in [-0.3, -0.25) is 4.40 Å². The molecule has 0 radical (unpaired) electrons. The molecule has 0 amide bonds. The zero-order valence-corrected chi connectivity index (χ0v) is 9.08. The lowest BCUT2D eigenvalue weighted by atomic mass is 10.3. The minimum Gasteiger partial charge on any atom is -0.291 e. The van der Waals surface area contributed by atoms with Crippen molar-refractivity contribution in [3.63, 3.8) is 0 Å². The van der Waals surface area contributed by atoms with Gasteiger partial charge in [0, 0.05) is 6.42 Å². The molecule has 68 valence electrons. The lowest BCUT2D eigenvalue weighted by Crippen LogP contribution is -1.95. The van der Waals surface area contributed by atoms with Gasteiger partial charge in [-0.05, 0) is 34.5 Å². The van der Waals surface area contributed by atoms with Gasteiger partial charge >= 0.3 is 0 Å². The van der Waals surface area contributed by atoms with E-state index in [4.69, 9.17) is 0 Å². The average Bonchev–Trinajstić information content (AvgIpc) is 2.51. The van der Waals surface area contributed by atoms with Crippen LogP contribution in [0.5, 0.6) is 0 Å². The molecule has 2 aromatic heterocycles. The molecule has 0 aliphatic carbocycles. The highest BCUT2D eigenvalue weighted by atomic mass is 79.9. The first-order valence-corrected chi connectivity index (χ1v) is 5.23. The molecule has 3 heteroatoms.